The first kappa shape index (κ1) is 13.3. The Morgan fingerprint density at radius 2 is 2.00 bits per heavy atom. The fraction of sp³-hybridized carbons (Fsp3) is 0.167. The SMILES string of the molecule is CS(=O)(=O)c1ccc(CNC(=O)n2ccnc2)cc1. The van der Waals surface area contributed by atoms with E-state index in [0.717, 1.165) is 11.8 Å². The zero-order valence-electron chi connectivity index (χ0n) is 10.3. The molecule has 2 rings (SSSR count). The molecule has 0 saturated heterocycles. The van der Waals surface area contributed by atoms with Gasteiger partial charge in [0, 0.05) is 25.2 Å². The van der Waals surface area contributed by atoms with Gasteiger partial charge in [0.15, 0.2) is 9.84 Å². The van der Waals surface area contributed by atoms with Crippen LogP contribution in [0.5, 0.6) is 0 Å². The summed E-state index contributed by atoms with van der Waals surface area (Å²) in [4.78, 5) is 15.7. The molecule has 7 heteroatoms. The molecule has 1 N–H and O–H groups in total. The maximum absolute atomic E-state index is 11.6. The highest BCUT2D eigenvalue weighted by Crippen LogP contribution is 2.10. The summed E-state index contributed by atoms with van der Waals surface area (Å²) < 4.78 is 23.9. The average Bonchev–Trinajstić information content (AvgIpc) is 2.89. The second kappa shape index (κ2) is 5.23. The van der Waals surface area contributed by atoms with Gasteiger partial charge in [-0.25, -0.2) is 18.2 Å². The van der Waals surface area contributed by atoms with Crippen LogP contribution in [-0.4, -0.2) is 30.3 Å². The third-order valence-corrected chi connectivity index (χ3v) is 3.66. The minimum atomic E-state index is -3.19. The third-order valence-electron chi connectivity index (χ3n) is 2.53. The summed E-state index contributed by atoms with van der Waals surface area (Å²) in [6.07, 6.45) is 5.62. The molecule has 0 radical (unpaired) electrons. The molecule has 1 aromatic carbocycles. The first-order valence-corrected chi connectivity index (χ1v) is 7.41. The fourth-order valence-electron chi connectivity index (χ4n) is 1.50. The van der Waals surface area contributed by atoms with Crippen molar-refractivity contribution in [2.75, 3.05) is 6.26 Å². The molecule has 1 aromatic heterocycles. The number of carbonyl (C=O) groups excluding carboxylic acids is 1. The summed E-state index contributed by atoms with van der Waals surface area (Å²) in [5, 5.41) is 2.69. The van der Waals surface area contributed by atoms with Gasteiger partial charge in [-0.1, -0.05) is 12.1 Å². The molecule has 1 amide bonds. The highest BCUT2D eigenvalue weighted by Gasteiger charge is 2.07. The predicted octanol–water partition coefficient (Wildman–Crippen LogP) is 1.04. The number of benzene rings is 1. The molecule has 1 heterocycles. The number of rotatable bonds is 3. The normalized spacial score (nSPS) is 11.2. The zero-order valence-corrected chi connectivity index (χ0v) is 11.1. The Labute approximate surface area is 111 Å². The van der Waals surface area contributed by atoms with Gasteiger partial charge < -0.3 is 5.32 Å². The van der Waals surface area contributed by atoms with Crippen LogP contribution in [0, 0.1) is 0 Å². The number of hydrogen-bond acceptors (Lipinski definition) is 4. The Kier molecular flexibility index (Phi) is 3.66. The molecule has 19 heavy (non-hydrogen) atoms. The Bertz CT molecular complexity index is 661. The van der Waals surface area contributed by atoms with Gasteiger partial charge in [-0.2, -0.15) is 0 Å². The number of nitrogens with zero attached hydrogens (tertiary/aromatic N) is 2. The third kappa shape index (κ3) is 3.41. The highest BCUT2D eigenvalue weighted by atomic mass is 32.2. The first-order chi connectivity index (χ1) is 8.97. The van der Waals surface area contributed by atoms with Gasteiger partial charge in [-0.15, -0.1) is 0 Å². The van der Waals surface area contributed by atoms with E-state index in [1.807, 2.05) is 0 Å². The first-order valence-electron chi connectivity index (χ1n) is 5.52. The summed E-state index contributed by atoms with van der Waals surface area (Å²) in [5.74, 6) is 0. The Hall–Kier alpha value is -2.15. The molecular weight excluding hydrogens is 266 g/mol. The summed E-state index contributed by atoms with van der Waals surface area (Å²) in [6, 6.07) is 6.10. The Morgan fingerprint density at radius 3 is 2.53 bits per heavy atom. The van der Waals surface area contributed by atoms with Crippen molar-refractivity contribution in [3.63, 3.8) is 0 Å². The van der Waals surface area contributed by atoms with Gasteiger partial charge in [0.25, 0.3) is 0 Å². The molecule has 0 unspecified atom stereocenters. The second-order valence-corrected chi connectivity index (χ2v) is 6.06. The van der Waals surface area contributed by atoms with Gasteiger partial charge in [0.2, 0.25) is 0 Å². The van der Waals surface area contributed by atoms with E-state index in [0.29, 0.717) is 6.54 Å². The van der Waals surface area contributed by atoms with Gasteiger partial charge in [-0.05, 0) is 17.7 Å². The van der Waals surface area contributed by atoms with Gasteiger partial charge in [0.1, 0.15) is 6.33 Å². The molecule has 100 valence electrons. The number of carbonyl (C=O) groups is 1. The van der Waals surface area contributed by atoms with Crippen LogP contribution in [0.15, 0.2) is 47.9 Å². The van der Waals surface area contributed by atoms with Crippen LogP contribution in [0.4, 0.5) is 4.79 Å². The number of imidazole rings is 1. The smallest absolute Gasteiger partial charge is 0.327 e. The van der Waals surface area contributed by atoms with Crippen molar-refractivity contribution in [1.29, 1.82) is 0 Å². The second-order valence-electron chi connectivity index (χ2n) is 4.04. The molecular formula is C12H13N3O3S. The van der Waals surface area contributed by atoms with E-state index in [1.54, 1.807) is 18.3 Å². The lowest BCUT2D eigenvalue weighted by Crippen LogP contribution is -2.26. The van der Waals surface area contributed by atoms with Crippen molar-refractivity contribution in [3.05, 3.63) is 48.5 Å². The lowest BCUT2D eigenvalue weighted by molar-refractivity contribution is 0.242. The summed E-state index contributed by atoms with van der Waals surface area (Å²) in [7, 11) is -3.19. The zero-order chi connectivity index (χ0) is 13.9. The van der Waals surface area contributed by atoms with Crippen molar-refractivity contribution in [1.82, 2.24) is 14.9 Å². The van der Waals surface area contributed by atoms with Crippen molar-refractivity contribution in [2.45, 2.75) is 11.4 Å². The summed E-state index contributed by atoms with van der Waals surface area (Å²) >= 11 is 0. The number of sulfone groups is 1. The van der Waals surface area contributed by atoms with Gasteiger partial charge >= 0.3 is 6.03 Å². The lowest BCUT2D eigenvalue weighted by atomic mass is 10.2. The van der Waals surface area contributed by atoms with Crippen LogP contribution >= 0.6 is 0 Å². The quantitative estimate of drug-likeness (QED) is 0.910. The van der Waals surface area contributed by atoms with Gasteiger partial charge in [0.05, 0.1) is 4.90 Å². The van der Waals surface area contributed by atoms with E-state index in [1.165, 1.54) is 29.2 Å². The van der Waals surface area contributed by atoms with Gasteiger partial charge in [-0.3, -0.25) is 4.57 Å². The Morgan fingerprint density at radius 1 is 1.32 bits per heavy atom. The minimum absolute atomic E-state index is 0.261. The summed E-state index contributed by atoms with van der Waals surface area (Å²) in [6.45, 7) is 0.320. The molecule has 2 aromatic rings. The van der Waals surface area contributed by atoms with E-state index in [4.69, 9.17) is 0 Å². The molecule has 6 nitrogen and oxygen atoms in total. The minimum Gasteiger partial charge on any atom is -0.333 e. The predicted molar refractivity (Wildman–Crippen MR) is 69.4 cm³/mol. The molecule has 0 spiro atoms. The van der Waals surface area contributed by atoms with Crippen LogP contribution in [0.1, 0.15) is 5.56 Å². The molecule has 0 aliphatic heterocycles. The van der Waals surface area contributed by atoms with E-state index in [9.17, 15) is 13.2 Å². The number of hydrogen-bond donors (Lipinski definition) is 1. The number of aromatic nitrogens is 2. The highest BCUT2D eigenvalue weighted by molar-refractivity contribution is 7.90. The maximum atomic E-state index is 11.6. The van der Waals surface area contributed by atoms with E-state index in [-0.39, 0.29) is 10.9 Å². The monoisotopic (exact) mass is 279 g/mol. The van der Waals surface area contributed by atoms with Crippen molar-refractivity contribution in [3.8, 4) is 0 Å². The fourth-order valence-corrected chi connectivity index (χ4v) is 2.13. The van der Waals surface area contributed by atoms with Crippen LogP contribution < -0.4 is 5.32 Å². The van der Waals surface area contributed by atoms with E-state index in [2.05, 4.69) is 10.3 Å². The average molecular weight is 279 g/mol. The van der Waals surface area contributed by atoms with Crippen LogP contribution in [0.25, 0.3) is 0 Å². The maximum Gasteiger partial charge on any atom is 0.327 e. The Balaban J connectivity index is 1.99. The molecule has 0 atom stereocenters. The van der Waals surface area contributed by atoms with Crippen LogP contribution in [0.3, 0.4) is 0 Å². The van der Waals surface area contributed by atoms with Crippen molar-refractivity contribution >= 4 is 15.9 Å². The van der Waals surface area contributed by atoms with E-state index < -0.39 is 9.84 Å². The van der Waals surface area contributed by atoms with Crippen molar-refractivity contribution in [2.24, 2.45) is 0 Å². The molecule has 0 aliphatic carbocycles. The van der Waals surface area contributed by atoms with E-state index >= 15 is 0 Å². The molecule has 0 saturated carbocycles. The lowest BCUT2D eigenvalue weighted by Gasteiger charge is -2.06. The molecule has 0 aliphatic rings. The number of nitrogens with one attached hydrogen (secondary N) is 1. The standard InChI is InChI=1S/C12H13N3O3S/c1-19(17,18)11-4-2-10(3-5-11)8-14-12(16)15-7-6-13-9-15/h2-7,9H,8H2,1H3,(H,14,16). The topological polar surface area (TPSA) is 81.1 Å². The van der Waals surface area contributed by atoms with Crippen LogP contribution in [-0.2, 0) is 16.4 Å². The summed E-state index contributed by atoms with van der Waals surface area (Å²) in [5.41, 5.74) is 0.820. The largest absolute Gasteiger partial charge is 0.333 e. The van der Waals surface area contributed by atoms with Crippen molar-refractivity contribution < 1.29 is 13.2 Å². The van der Waals surface area contributed by atoms with Crippen LogP contribution in [0.2, 0.25) is 0 Å². The molecule has 0 bridgehead atoms. The molecule has 0 fully saturated rings. The number of amides is 1.